The van der Waals surface area contributed by atoms with Crippen LogP contribution in [0.3, 0.4) is 0 Å². The number of hydrogen-bond donors (Lipinski definition) is 0. The van der Waals surface area contributed by atoms with Gasteiger partial charge in [-0.3, -0.25) is 10.1 Å². The summed E-state index contributed by atoms with van der Waals surface area (Å²) in [6.07, 6.45) is 0.477. The Morgan fingerprint density at radius 1 is 1.56 bits per heavy atom. The van der Waals surface area contributed by atoms with Crippen molar-refractivity contribution in [3.63, 3.8) is 0 Å². The standard InChI is InChI=1S/C12H13NO5/c1-8-6-9(13(15)16)2-3-11(8)12(14)18-10-4-5-17-7-10/h2-3,6,10H,4-5,7H2,1H3/t10-/m1/s1. The zero-order chi connectivity index (χ0) is 13.1. The van der Waals surface area contributed by atoms with Crippen molar-refractivity contribution in [2.24, 2.45) is 0 Å². The molecule has 1 heterocycles. The molecule has 2 rings (SSSR count). The van der Waals surface area contributed by atoms with E-state index in [-0.39, 0.29) is 11.8 Å². The molecule has 1 fully saturated rings. The summed E-state index contributed by atoms with van der Waals surface area (Å²) in [5.74, 6) is -0.460. The minimum atomic E-state index is -0.493. The molecule has 0 N–H and O–H groups in total. The van der Waals surface area contributed by atoms with Crippen LogP contribution in [0.1, 0.15) is 22.3 Å². The SMILES string of the molecule is Cc1cc([N+](=O)[O-])ccc1C(=O)O[C@@H]1CCOC1. The zero-order valence-corrected chi connectivity index (χ0v) is 9.92. The Morgan fingerprint density at radius 2 is 2.33 bits per heavy atom. The van der Waals surface area contributed by atoms with Crippen LogP contribution in [0, 0.1) is 17.0 Å². The molecule has 1 aliphatic rings. The van der Waals surface area contributed by atoms with E-state index in [1.807, 2.05) is 0 Å². The van der Waals surface area contributed by atoms with Gasteiger partial charge in [0.15, 0.2) is 0 Å². The maximum absolute atomic E-state index is 11.9. The fraction of sp³-hybridized carbons (Fsp3) is 0.417. The molecule has 0 aromatic heterocycles. The van der Waals surface area contributed by atoms with Crippen molar-refractivity contribution < 1.29 is 19.2 Å². The molecule has 1 saturated heterocycles. The lowest BCUT2D eigenvalue weighted by molar-refractivity contribution is -0.384. The van der Waals surface area contributed by atoms with Gasteiger partial charge in [0.25, 0.3) is 5.69 Å². The number of carbonyl (C=O) groups excluding carboxylic acids is 1. The maximum atomic E-state index is 11.9. The predicted octanol–water partition coefficient (Wildman–Crippen LogP) is 1.85. The van der Waals surface area contributed by atoms with Gasteiger partial charge in [0.2, 0.25) is 0 Å². The second-order valence-corrected chi connectivity index (χ2v) is 4.15. The van der Waals surface area contributed by atoms with Crippen LogP contribution < -0.4 is 0 Å². The number of ether oxygens (including phenoxy) is 2. The van der Waals surface area contributed by atoms with E-state index in [1.54, 1.807) is 6.92 Å². The molecule has 0 radical (unpaired) electrons. The first-order valence-corrected chi connectivity index (χ1v) is 5.61. The average Bonchev–Trinajstić information content (AvgIpc) is 2.81. The van der Waals surface area contributed by atoms with E-state index in [4.69, 9.17) is 9.47 Å². The summed E-state index contributed by atoms with van der Waals surface area (Å²) in [6.45, 7) is 2.66. The van der Waals surface area contributed by atoms with Gasteiger partial charge in [-0.15, -0.1) is 0 Å². The van der Waals surface area contributed by atoms with Gasteiger partial charge in [-0.25, -0.2) is 4.79 Å². The van der Waals surface area contributed by atoms with Crippen LogP contribution in [-0.4, -0.2) is 30.2 Å². The first kappa shape index (κ1) is 12.5. The fourth-order valence-electron chi connectivity index (χ4n) is 1.81. The monoisotopic (exact) mass is 251 g/mol. The van der Waals surface area contributed by atoms with Crippen LogP contribution in [0.4, 0.5) is 5.69 Å². The molecule has 0 amide bonds. The third-order valence-corrected chi connectivity index (χ3v) is 2.80. The number of hydrogen-bond acceptors (Lipinski definition) is 5. The first-order chi connectivity index (χ1) is 8.58. The molecule has 0 aliphatic carbocycles. The van der Waals surface area contributed by atoms with Gasteiger partial charge in [0.1, 0.15) is 6.10 Å². The normalized spacial score (nSPS) is 18.6. The number of rotatable bonds is 3. The Hall–Kier alpha value is -1.95. The number of esters is 1. The van der Waals surface area contributed by atoms with Crippen LogP contribution in [-0.2, 0) is 9.47 Å². The number of carbonyl (C=O) groups is 1. The highest BCUT2D eigenvalue weighted by Crippen LogP contribution is 2.19. The summed E-state index contributed by atoms with van der Waals surface area (Å²) in [6, 6.07) is 4.09. The third-order valence-electron chi connectivity index (χ3n) is 2.80. The van der Waals surface area contributed by atoms with E-state index in [9.17, 15) is 14.9 Å². The Labute approximate surface area is 104 Å². The predicted molar refractivity (Wildman–Crippen MR) is 62.5 cm³/mol. The minimum absolute atomic E-state index is 0.0340. The Morgan fingerprint density at radius 3 is 2.89 bits per heavy atom. The number of non-ortho nitro benzene ring substituents is 1. The molecule has 6 nitrogen and oxygen atoms in total. The van der Waals surface area contributed by atoms with Gasteiger partial charge >= 0.3 is 5.97 Å². The molecule has 0 saturated carbocycles. The lowest BCUT2D eigenvalue weighted by Crippen LogP contribution is -2.18. The summed E-state index contributed by atoms with van der Waals surface area (Å²) in [7, 11) is 0. The van der Waals surface area contributed by atoms with Crippen LogP contribution in [0.15, 0.2) is 18.2 Å². The summed E-state index contributed by atoms with van der Waals surface area (Å²) in [5.41, 5.74) is 0.855. The second kappa shape index (κ2) is 5.14. The molecule has 1 aromatic rings. The van der Waals surface area contributed by atoms with Gasteiger partial charge in [-0.05, 0) is 18.6 Å². The Bertz CT molecular complexity index is 479. The van der Waals surface area contributed by atoms with E-state index in [1.165, 1.54) is 18.2 Å². The molecule has 1 atom stereocenters. The first-order valence-electron chi connectivity index (χ1n) is 5.61. The molecule has 0 spiro atoms. The van der Waals surface area contributed by atoms with E-state index >= 15 is 0 Å². The molecule has 0 bridgehead atoms. The summed E-state index contributed by atoms with van der Waals surface area (Å²) in [4.78, 5) is 21.9. The summed E-state index contributed by atoms with van der Waals surface area (Å²) >= 11 is 0. The third kappa shape index (κ3) is 2.65. The molecule has 96 valence electrons. The van der Waals surface area contributed by atoms with Crippen molar-refractivity contribution in [1.29, 1.82) is 0 Å². The molecular formula is C12H13NO5. The quantitative estimate of drug-likeness (QED) is 0.465. The zero-order valence-electron chi connectivity index (χ0n) is 9.92. The van der Waals surface area contributed by atoms with E-state index in [0.717, 1.165) is 0 Å². The van der Waals surface area contributed by atoms with Gasteiger partial charge in [-0.2, -0.15) is 0 Å². The largest absolute Gasteiger partial charge is 0.456 e. The molecule has 1 aromatic carbocycles. The minimum Gasteiger partial charge on any atom is -0.456 e. The van der Waals surface area contributed by atoms with E-state index in [2.05, 4.69) is 0 Å². The van der Waals surface area contributed by atoms with Gasteiger partial charge in [-0.1, -0.05) is 0 Å². The van der Waals surface area contributed by atoms with Crippen molar-refractivity contribution in [2.75, 3.05) is 13.2 Å². The van der Waals surface area contributed by atoms with Crippen molar-refractivity contribution >= 4 is 11.7 Å². The number of nitrogens with zero attached hydrogens (tertiary/aromatic N) is 1. The summed E-state index contributed by atoms with van der Waals surface area (Å²) < 4.78 is 10.4. The molecule has 0 unspecified atom stereocenters. The molecule has 6 heteroatoms. The van der Waals surface area contributed by atoms with Gasteiger partial charge in [0.05, 0.1) is 23.7 Å². The number of nitro benzene ring substituents is 1. The van der Waals surface area contributed by atoms with Crippen molar-refractivity contribution in [2.45, 2.75) is 19.4 Å². The van der Waals surface area contributed by atoms with Gasteiger partial charge in [0, 0.05) is 18.6 Å². The molecular weight excluding hydrogens is 238 g/mol. The lowest BCUT2D eigenvalue weighted by Gasteiger charge is -2.11. The lowest BCUT2D eigenvalue weighted by atomic mass is 10.1. The van der Waals surface area contributed by atoms with Crippen LogP contribution in [0.25, 0.3) is 0 Å². The Kier molecular flexibility index (Phi) is 3.57. The van der Waals surface area contributed by atoms with Gasteiger partial charge < -0.3 is 9.47 Å². The van der Waals surface area contributed by atoms with E-state index in [0.29, 0.717) is 30.8 Å². The molecule has 1 aliphatic heterocycles. The number of nitro groups is 1. The van der Waals surface area contributed by atoms with Crippen LogP contribution in [0.5, 0.6) is 0 Å². The van der Waals surface area contributed by atoms with Crippen molar-refractivity contribution in [1.82, 2.24) is 0 Å². The van der Waals surface area contributed by atoms with Crippen molar-refractivity contribution in [3.05, 3.63) is 39.4 Å². The summed E-state index contributed by atoms with van der Waals surface area (Å²) in [5, 5.41) is 10.6. The molecule has 18 heavy (non-hydrogen) atoms. The highest BCUT2D eigenvalue weighted by molar-refractivity contribution is 5.91. The van der Waals surface area contributed by atoms with Crippen LogP contribution >= 0.6 is 0 Å². The average molecular weight is 251 g/mol. The van der Waals surface area contributed by atoms with Crippen molar-refractivity contribution in [3.8, 4) is 0 Å². The smallest absolute Gasteiger partial charge is 0.338 e. The van der Waals surface area contributed by atoms with E-state index < -0.39 is 10.9 Å². The van der Waals surface area contributed by atoms with Crippen LogP contribution in [0.2, 0.25) is 0 Å². The second-order valence-electron chi connectivity index (χ2n) is 4.15. The highest BCUT2D eigenvalue weighted by Gasteiger charge is 2.22. The maximum Gasteiger partial charge on any atom is 0.338 e. The highest BCUT2D eigenvalue weighted by atomic mass is 16.6. The number of aryl methyl sites for hydroxylation is 1. The Balaban J connectivity index is 2.12. The number of benzene rings is 1. The fourth-order valence-corrected chi connectivity index (χ4v) is 1.81. The topological polar surface area (TPSA) is 78.7 Å².